The number of carbonyl (C=O) groups is 1. The number of nitrogens with zero attached hydrogens (tertiary/aromatic N) is 1. The lowest BCUT2D eigenvalue weighted by Gasteiger charge is -2.08. The number of hydrogen-bond donors (Lipinski definition) is 2. The van der Waals surface area contributed by atoms with E-state index in [2.05, 4.69) is 10.4 Å². The number of aryl methyl sites for hydroxylation is 1. The van der Waals surface area contributed by atoms with Gasteiger partial charge in [-0.05, 0) is 37.3 Å². The molecule has 22 heavy (non-hydrogen) atoms. The van der Waals surface area contributed by atoms with Crippen LogP contribution in [-0.2, 0) is 0 Å². The molecule has 1 heterocycles. The van der Waals surface area contributed by atoms with Crippen molar-refractivity contribution in [2.24, 2.45) is 0 Å². The quantitative estimate of drug-likeness (QED) is 0.779. The van der Waals surface area contributed by atoms with Crippen LogP contribution in [-0.4, -0.2) is 15.7 Å². The molecule has 0 aliphatic heterocycles. The maximum Gasteiger partial charge on any atom is 0.271 e. The fourth-order valence-electron chi connectivity index (χ4n) is 2.22. The maximum absolute atomic E-state index is 12.1. The number of anilines is 1. The van der Waals surface area contributed by atoms with Gasteiger partial charge in [-0.3, -0.25) is 14.7 Å². The first-order valence-electron chi connectivity index (χ1n) is 6.89. The van der Waals surface area contributed by atoms with Gasteiger partial charge in [0.05, 0.1) is 5.69 Å². The van der Waals surface area contributed by atoms with E-state index in [0.29, 0.717) is 16.9 Å². The molecule has 0 bridgehead atoms. The minimum atomic E-state index is -0.187. The third-order valence-electron chi connectivity index (χ3n) is 3.25. The van der Waals surface area contributed by atoms with Gasteiger partial charge >= 0.3 is 0 Å². The lowest BCUT2D eigenvalue weighted by Crippen LogP contribution is -2.15. The Morgan fingerprint density at radius 1 is 1.05 bits per heavy atom. The van der Waals surface area contributed by atoms with E-state index in [1.165, 1.54) is 10.7 Å². The number of benzene rings is 2. The van der Waals surface area contributed by atoms with Crippen molar-refractivity contribution in [3.8, 4) is 5.69 Å². The summed E-state index contributed by atoms with van der Waals surface area (Å²) in [6, 6.07) is 17.6. The molecule has 0 fully saturated rings. The van der Waals surface area contributed by atoms with Gasteiger partial charge < -0.3 is 5.32 Å². The van der Waals surface area contributed by atoms with Gasteiger partial charge in [-0.2, -0.15) is 0 Å². The van der Waals surface area contributed by atoms with Crippen molar-refractivity contribution in [1.29, 1.82) is 0 Å². The van der Waals surface area contributed by atoms with Gasteiger partial charge in [-0.1, -0.05) is 24.3 Å². The summed E-state index contributed by atoms with van der Waals surface area (Å²) in [6.07, 6.45) is 0. The van der Waals surface area contributed by atoms with Gasteiger partial charge in [-0.15, -0.1) is 0 Å². The number of rotatable bonds is 3. The Morgan fingerprint density at radius 2 is 1.82 bits per heavy atom. The summed E-state index contributed by atoms with van der Waals surface area (Å²) in [6.45, 7) is 1.82. The normalized spacial score (nSPS) is 10.4. The Bertz CT molecular complexity index is 863. The van der Waals surface area contributed by atoms with E-state index in [1.807, 2.05) is 25.1 Å². The number of nitrogens with one attached hydrogen (secondary N) is 2. The zero-order valence-electron chi connectivity index (χ0n) is 12.0. The van der Waals surface area contributed by atoms with Crippen molar-refractivity contribution in [3.63, 3.8) is 0 Å². The van der Waals surface area contributed by atoms with Crippen LogP contribution in [0.4, 0.5) is 5.69 Å². The van der Waals surface area contributed by atoms with Gasteiger partial charge in [0.15, 0.2) is 0 Å². The van der Waals surface area contributed by atoms with Gasteiger partial charge in [-0.25, -0.2) is 4.68 Å². The predicted octanol–water partition coefficient (Wildman–Crippen LogP) is 2.73. The first kappa shape index (κ1) is 13.9. The van der Waals surface area contributed by atoms with E-state index in [4.69, 9.17) is 0 Å². The molecule has 1 aromatic heterocycles. The van der Waals surface area contributed by atoms with Crippen molar-refractivity contribution in [1.82, 2.24) is 9.78 Å². The average Bonchev–Trinajstić information content (AvgIpc) is 2.87. The van der Waals surface area contributed by atoms with Gasteiger partial charge in [0.2, 0.25) is 0 Å². The van der Waals surface area contributed by atoms with Crippen LogP contribution in [0.1, 0.15) is 16.1 Å². The molecule has 3 rings (SSSR count). The Balaban J connectivity index is 1.87. The summed E-state index contributed by atoms with van der Waals surface area (Å²) in [5.41, 5.74) is 2.53. The molecular formula is C17H15N3O2. The van der Waals surface area contributed by atoms with Crippen LogP contribution in [0.3, 0.4) is 0 Å². The summed E-state index contributed by atoms with van der Waals surface area (Å²) in [4.78, 5) is 24.0. The van der Waals surface area contributed by atoms with E-state index in [9.17, 15) is 9.59 Å². The number of aromatic amines is 1. The molecule has 2 aromatic carbocycles. The molecule has 110 valence electrons. The highest BCUT2D eigenvalue weighted by Gasteiger charge is 2.07. The van der Waals surface area contributed by atoms with E-state index in [1.54, 1.807) is 36.4 Å². The molecule has 3 aromatic rings. The van der Waals surface area contributed by atoms with Crippen molar-refractivity contribution >= 4 is 11.6 Å². The summed E-state index contributed by atoms with van der Waals surface area (Å²) >= 11 is 0. The van der Waals surface area contributed by atoms with Gasteiger partial charge in [0.1, 0.15) is 0 Å². The number of hydrogen-bond acceptors (Lipinski definition) is 2. The summed E-state index contributed by atoms with van der Waals surface area (Å²) in [5.74, 6) is -0.187. The Hall–Kier alpha value is -3.08. The highest BCUT2D eigenvalue weighted by atomic mass is 16.1. The van der Waals surface area contributed by atoms with Crippen LogP contribution in [0.2, 0.25) is 0 Å². The zero-order valence-corrected chi connectivity index (χ0v) is 12.0. The summed E-state index contributed by atoms with van der Waals surface area (Å²) < 4.78 is 1.44. The SMILES string of the molecule is Cc1cc(=O)n(-c2cccc(NC(=O)c3ccccc3)c2)[nH]1. The van der Waals surface area contributed by atoms with Crippen molar-refractivity contribution in [2.75, 3.05) is 5.32 Å². The molecule has 5 nitrogen and oxygen atoms in total. The van der Waals surface area contributed by atoms with Crippen molar-refractivity contribution < 1.29 is 4.79 Å². The molecule has 0 radical (unpaired) electrons. The van der Waals surface area contributed by atoms with E-state index in [0.717, 1.165) is 5.69 Å². The van der Waals surface area contributed by atoms with Crippen LogP contribution in [0.5, 0.6) is 0 Å². The van der Waals surface area contributed by atoms with E-state index >= 15 is 0 Å². The Labute approximate surface area is 127 Å². The monoisotopic (exact) mass is 293 g/mol. The van der Waals surface area contributed by atoms with E-state index < -0.39 is 0 Å². The lowest BCUT2D eigenvalue weighted by molar-refractivity contribution is 0.102. The van der Waals surface area contributed by atoms with Crippen molar-refractivity contribution in [2.45, 2.75) is 6.92 Å². The Kier molecular flexibility index (Phi) is 3.62. The number of amides is 1. The average molecular weight is 293 g/mol. The smallest absolute Gasteiger partial charge is 0.271 e. The van der Waals surface area contributed by atoms with Crippen LogP contribution in [0.25, 0.3) is 5.69 Å². The third kappa shape index (κ3) is 2.83. The number of H-pyrrole nitrogens is 1. The highest BCUT2D eigenvalue weighted by Crippen LogP contribution is 2.14. The minimum absolute atomic E-state index is 0.135. The Morgan fingerprint density at radius 3 is 2.50 bits per heavy atom. The minimum Gasteiger partial charge on any atom is -0.322 e. The largest absolute Gasteiger partial charge is 0.322 e. The highest BCUT2D eigenvalue weighted by molar-refractivity contribution is 6.04. The van der Waals surface area contributed by atoms with Gasteiger partial charge in [0.25, 0.3) is 11.5 Å². The molecule has 0 saturated heterocycles. The van der Waals surface area contributed by atoms with Crippen LogP contribution >= 0.6 is 0 Å². The van der Waals surface area contributed by atoms with E-state index in [-0.39, 0.29) is 11.5 Å². The molecule has 0 saturated carbocycles. The second-order valence-electron chi connectivity index (χ2n) is 4.98. The van der Waals surface area contributed by atoms with Gasteiger partial charge in [0, 0.05) is 23.0 Å². The molecule has 0 aliphatic rings. The summed E-state index contributed by atoms with van der Waals surface area (Å²) in [5, 5.41) is 5.79. The fourth-order valence-corrected chi connectivity index (χ4v) is 2.22. The topological polar surface area (TPSA) is 66.9 Å². The third-order valence-corrected chi connectivity index (χ3v) is 3.25. The zero-order chi connectivity index (χ0) is 15.5. The molecule has 0 aliphatic carbocycles. The molecule has 0 unspecified atom stereocenters. The maximum atomic E-state index is 12.1. The standard InChI is InChI=1S/C17H15N3O2/c1-12-10-16(21)20(19-12)15-9-5-8-14(11-15)18-17(22)13-6-3-2-4-7-13/h2-11,19H,1H3,(H,18,22). The first-order valence-corrected chi connectivity index (χ1v) is 6.89. The number of carbonyl (C=O) groups excluding carboxylic acids is 1. The molecule has 0 spiro atoms. The fraction of sp³-hybridized carbons (Fsp3) is 0.0588. The van der Waals surface area contributed by atoms with Crippen molar-refractivity contribution in [3.05, 3.63) is 82.3 Å². The lowest BCUT2D eigenvalue weighted by atomic mass is 10.2. The number of aromatic nitrogens is 2. The molecule has 1 amide bonds. The molecule has 5 heteroatoms. The molecular weight excluding hydrogens is 278 g/mol. The summed E-state index contributed by atoms with van der Waals surface area (Å²) in [7, 11) is 0. The first-order chi connectivity index (χ1) is 10.6. The second kappa shape index (κ2) is 5.73. The molecule has 2 N–H and O–H groups in total. The van der Waals surface area contributed by atoms with Crippen LogP contribution in [0.15, 0.2) is 65.5 Å². The van der Waals surface area contributed by atoms with Crippen LogP contribution in [0, 0.1) is 6.92 Å². The predicted molar refractivity (Wildman–Crippen MR) is 85.5 cm³/mol. The molecule has 0 atom stereocenters. The second-order valence-corrected chi connectivity index (χ2v) is 4.98. The van der Waals surface area contributed by atoms with Crippen LogP contribution < -0.4 is 10.9 Å².